The van der Waals surface area contributed by atoms with E-state index in [1.807, 2.05) is 6.92 Å². The summed E-state index contributed by atoms with van der Waals surface area (Å²) in [5.41, 5.74) is 8.96. The number of hydrogen-bond donors (Lipinski definition) is 1. The van der Waals surface area contributed by atoms with Gasteiger partial charge in [-0.3, -0.25) is 4.79 Å². The van der Waals surface area contributed by atoms with E-state index in [4.69, 9.17) is 19.9 Å². The van der Waals surface area contributed by atoms with Gasteiger partial charge in [0.05, 0.1) is 68.9 Å². The number of fused-ring (bicyclic) bond motifs is 3. The molecule has 190 valence electrons. The molecular weight excluding hydrogens is 481 g/mol. The molecule has 1 fully saturated rings. The van der Waals surface area contributed by atoms with Gasteiger partial charge in [0.2, 0.25) is 5.88 Å². The summed E-state index contributed by atoms with van der Waals surface area (Å²) in [4.78, 5) is 24.0. The first kappa shape index (κ1) is 24.1. The number of hydrogen-bond acceptors (Lipinski definition) is 9. The van der Waals surface area contributed by atoms with Crippen molar-refractivity contribution in [3.05, 3.63) is 46.9 Å². The molecule has 2 N–H and O–H groups in total. The minimum absolute atomic E-state index is 0.0373. The van der Waals surface area contributed by atoms with Gasteiger partial charge in [-0.1, -0.05) is 0 Å². The molecule has 0 bridgehead atoms. The zero-order valence-corrected chi connectivity index (χ0v) is 19.3. The fraction of sp³-hybridized carbons (Fsp3) is 0.435. The number of alkyl halides is 3. The average Bonchev–Trinajstić information content (AvgIpc) is 3.34. The van der Waals surface area contributed by atoms with Crippen molar-refractivity contribution < 1.29 is 32.2 Å². The van der Waals surface area contributed by atoms with Crippen LogP contribution in [-0.2, 0) is 22.7 Å². The predicted octanol–water partition coefficient (Wildman–Crippen LogP) is 2.97. The molecule has 2 aliphatic heterocycles. The molecule has 0 aromatic carbocycles. The van der Waals surface area contributed by atoms with Gasteiger partial charge in [0, 0.05) is 17.0 Å². The Balaban J connectivity index is 1.40. The monoisotopic (exact) mass is 504 g/mol. The van der Waals surface area contributed by atoms with Gasteiger partial charge in [0.25, 0.3) is 5.91 Å². The molecule has 10 nitrogen and oxygen atoms in total. The minimum Gasteiger partial charge on any atom is -0.476 e. The van der Waals surface area contributed by atoms with Gasteiger partial charge in [0.1, 0.15) is 11.5 Å². The highest BCUT2D eigenvalue weighted by Crippen LogP contribution is 2.33. The molecule has 2 atom stereocenters. The van der Waals surface area contributed by atoms with Crippen molar-refractivity contribution in [2.75, 3.05) is 25.6 Å². The zero-order chi connectivity index (χ0) is 25.4. The molecule has 2 aliphatic rings. The largest absolute Gasteiger partial charge is 0.476 e. The van der Waals surface area contributed by atoms with E-state index in [-0.39, 0.29) is 30.1 Å². The van der Waals surface area contributed by atoms with Crippen molar-refractivity contribution in [1.29, 1.82) is 0 Å². The number of pyridine rings is 2. The van der Waals surface area contributed by atoms with Crippen molar-refractivity contribution in [1.82, 2.24) is 25.1 Å². The average molecular weight is 504 g/mol. The molecule has 13 heteroatoms. The molecule has 3 aromatic heterocycles. The lowest BCUT2D eigenvalue weighted by Gasteiger charge is -2.39. The second-order valence-electron chi connectivity index (χ2n) is 8.66. The van der Waals surface area contributed by atoms with E-state index in [9.17, 15) is 18.0 Å². The fourth-order valence-corrected chi connectivity index (χ4v) is 4.37. The van der Waals surface area contributed by atoms with E-state index in [0.717, 1.165) is 16.5 Å². The number of carbonyl (C=O) groups is 1. The molecule has 0 unspecified atom stereocenters. The number of amides is 1. The number of nitrogens with zero attached hydrogens (tertiary/aromatic N) is 5. The van der Waals surface area contributed by atoms with Crippen molar-refractivity contribution >= 4 is 22.6 Å². The van der Waals surface area contributed by atoms with Crippen LogP contribution >= 0.6 is 0 Å². The normalized spacial score (nSPS) is 19.9. The van der Waals surface area contributed by atoms with Gasteiger partial charge in [-0.15, -0.1) is 10.2 Å². The summed E-state index contributed by atoms with van der Waals surface area (Å²) in [5.74, 6) is 0.0290. The van der Waals surface area contributed by atoms with Gasteiger partial charge in [-0.2, -0.15) is 13.2 Å². The van der Waals surface area contributed by atoms with Gasteiger partial charge in [-0.05, 0) is 24.6 Å². The summed E-state index contributed by atoms with van der Waals surface area (Å²) < 4.78 is 53.3. The summed E-state index contributed by atoms with van der Waals surface area (Å²) in [7, 11) is 0. The number of morpholine rings is 1. The van der Waals surface area contributed by atoms with E-state index in [2.05, 4.69) is 20.2 Å². The second kappa shape index (κ2) is 9.47. The molecule has 5 heterocycles. The van der Waals surface area contributed by atoms with Crippen LogP contribution in [0.25, 0.3) is 10.9 Å². The third-order valence-electron chi connectivity index (χ3n) is 6.15. The maximum Gasteiger partial charge on any atom is 0.392 e. The Labute approximate surface area is 203 Å². The van der Waals surface area contributed by atoms with Crippen molar-refractivity contribution in [3.8, 4) is 5.88 Å². The number of nitrogen functional groups attached to an aromatic ring is 1. The van der Waals surface area contributed by atoms with E-state index < -0.39 is 25.2 Å². The number of aromatic nitrogens is 4. The number of carbonyl (C=O) groups excluding carboxylic acids is 1. The van der Waals surface area contributed by atoms with Crippen molar-refractivity contribution in [2.45, 2.75) is 44.8 Å². The zero-order valence-electron chi connectivity index (χ0n) is 19.3. The molecule has 5 rings (SSSR count). The number of anilines is 1. The Morgan fingerprint density at radius 2 is 2.00 bits per heavy atom. The summed E-state index contributed by atoms with van der Waals surface area (Å²) in [6.45, 7) is 2.53. The number of ether oxygens (including phenoxy) is 3. The van der Waals surface area contributed by atoms with Crippen LogP contribution in [0.4, 0.5) is 19.0 Å². The van der Waals surface area contributed by atoms with E-state index >= 15 is 0 Å². The van der Waals surface area contributed by atoms with Gasteiger partial charge >= 0.3 is 6.18 Å². The van der Waals surface area contributed by atoms with E-state index in [0.29, 0.717) is 36.8 Å². The summed E-state index contributed by atoms with van der Waals surface area (Å²) in [5, 5.41) is 8.72. The highest BCUT2D eigenvalue weighted by atomic mass is 19.4. The fourth-order valence-electron chi connectivity index (χ4n) is 4.37. The molecule has 0 radical (unpaired) electrons. The van der Waals surface area contributed by atoms with Crippen LogP contribution in [0.5, 0.6) is 5.88 Å². The highest BCUT2D eigenvalue weighted by molar-refractivity contribution is 5.97. The van der Waals surface area contributed by atoms with Crippen LogP contribution in [0.3, 0.4) is 0 Å². The lowest BCUT2D eigenvalue weighted by molar-refractivity contribution is -0.139. The van der Waals surface area contributed by atoms with E-state index in [1.54, 1.807) is 17.0 Å². The SMILES string of the molecule is C[C@@H]1COC[C@H](c2ccc(OCCC(F)(F)F)nn2)N1C(=O)c1cc2c3c(c(N)nc2cn1)COC3. The Morgan fingerprint density at radius 1 is 1.19 bits per heavy atom. The van der Waals surface area contributed by atoms with E-state index in [1.165, 1.54) is 12.3 Å². The standard InChI is InChI=1S/C23H23F3N6O4/c1-12-8-34-11-19(16-2-3-20(31-30-16)36-5-4-23(24,25)26)32(12)22(33)17-6-13-14-9-35-10-15(14)21(27)29-18(13)7-28-17/h2-3,6-7,12,19H,4-5,8-11H2,1H3,(H2,27,29)/t12-,19-/m1/s1. The third kappa shape index (κ3) is 4.75. The Kier molecular flexibility index (Phi) is 6.35. The van der Waals surface area contributed by atoms with Gasteiger partial charge in [0.15, 0.2) is 0 Å². The molecular formula is C23H23F3N6O4. The summed E-state index contributed by atoms with van der Waals surface area (Å²) in [6.07, 6.45) is -3.90. The summed E-state index contributed by atoms with van der Waals surface area (Å²) in [6, 6.07) is 3.81. The van der Waals surface area contributed by atoms with Crippen LogP contribution in [0.2, 0.25) is 0 Å². The molecule has 36 heavy (non-hydrogen) atoms. The number of nitrogens with two attached hydrogens (primary N) is 1. The lowest BCUT2D eigenvalue weighted by atomic mass is 10.0. The Morgan fingerprint density at radius 3 is 2.75 bits per heavy atom. The number of rotatable bonds is 5. The highest BCUT2D eigenvalue weighted by Gasteiger charge is 2.36. The van der Waals surface area contributed by atoms with Gasteiger partial charge in [-0.25, -0.2) is 9.97 Å². The van der Waals surface area contributed by atoms with Crippen molar-refractivity contribution in [2.24, 2.45) is 0 Å². The predicted molar refractivity (Wildman–Crippen MR) is 120 cm³/mol. The molecule has 0 spiro atoms. The maximum absolute atomic E-state index is 13.7. The topological polar surface area (TPSA) is 126 Å². The first-order valence-corrected chi connectivity index (χ1v) is 11.3. The Bertz CT molecular complexity index is 1290. The van der Waals surface area contributed by atoms with Crippen LogP contribution < -0.4 is 10.5 Å². The molecule has 3 aromatic rings. The molecule has 1 saturated heterocycles. The first-order valence-electron chi connectivity index (χ1n) is 11.3. The quantitative estimate of drug-likeness (QED) is 0.558. The first-order chi connectivity index (χ1) is 17.2. The number of halogens is 3. The molecule has 1 amide bonds. The third-order valence-corrected chi connectivity index (χ3v) is 6.15. The van der Waals surface area contributed by atoms with Crippen LogP contribution in [0, 0.1) is 0 Å². The second-order valence-corrected chi connectivity index (χ2v) is 8.66. The minimum atomic E-state index is -4.32. The van der Waals surface area contributed by atoms with Crippen LogP contribution in [-0.4, -0.2) is 63.0 Å². The van der Waals surface area contributed by atoms with Crippen molar-refractivity contribution in [3.63, 3.8) is 0 Å². The van der Waals surface area contributed by atoms with Crippen LogP contribution in [0.15, 0.2) is 24.4 Å². The molecule has 0 saturated carbocycles. The van der Waals surface area contributed by atoms with Gasteiger partial charge < -0.3 is 24.8 Å². The maximum atomic E-state index is 13.7. The smallest absolute Gasteiger partial charge is 0.392 e. The molecule has 0 aliphatic carbocycles. The summed E-state index contributed by atoms with van der Waals surface area (Å²) >= 11 is 0. The van der Waals surface area contributed by atoms with Crippen LogP contribution in [0.1, 0.15) is 46.7 Å². The lowest BCUT2D eigenvalue weighted by Crippen LogP contribution is -2.49. The Hall–Kier alpha value is -3.58.